The third-order valence-corrected chi connectivity index (χ3v) is 5.86. The summed E-state index contributed by atoms with van der Waals surface area (Å²) < 4.78 is 13.0. The fourth-order valence-corrected chi connectivity index (χ4v) is 4.18. The summed E-state index contributed by atoms with van der Waals surface area (Å²) in [6.07, 6.45) is 2.17. The van der Waals surface area contributed by atoms with Gasteiger partial charge in [0.25, 0.3) is 0 Å². The summed E-state index contributed by atoms with van der Waals surface area (Å²) in [6, 6.07) is 9.45. The predicted molar refractivity (Wildman–Crippen MR) is 112 cm³/mol. The van der Waals surface area contributed by atoms with E-state index in [0.29, 0.717) is 12.0 Å². The first-order valence-corrected chi connectivity index (χ1v) is 10.5. The van der Waals surface area contributed by atoms with Gasteiger partial charge in [0.05, 0.1) is 0 Å². The number of likely N-dealkylation sites (tertiary alicyclic amines) is 1. The average Bonchev–Trinajstić information content (AvgIpc) is 3.23. The number of hydrogen-bond donors (Lipinski definition) is 2. The minimum atomic E-state index is -0.172. The van der Waals surface area contributed by atoms with Gasteiger partial charge in [-0.05, 0) is 58.8 Å². The fraction of sp³-hybridized carbons (Fsp3) is 0.476. The van der Waals surface area contributed by atoms with E-state index >= 15 is 0 Å². The molecule has 1 aliphatic rings. The average molecular weight is 389 g/mol. The van der Waals surface area contributed by atoms with Crippen molar-refractivity contribution in [1.29, 1.82) is 0 Å². The molecule has 0 bridgehead atoms. The number of nitrogens with one attached hydrogen (secondary N) is 2. The lowest BCUT2D eigenvalue weighted by molar-refractivity contribution is 0.198. The molecular formula is C21H29FN4S. The Labute approximate surface area is 165 Å². The molecule has 0 radical (unpaired) electrons. The Bertz CT molecular complexity index is 706. The molecule has 1 aromatic carbocycles. The van der Waals surface area contributed by atoms with Crippen LogP contribution >= 0.6 is 11.3 Å². The van der Waals surface area contributed by atoms with E-state index in [1.54, 1.807) is 11.3 Å². The van der Waals surface area contributed by atoms with Gasteiger partial charge in [-0.25, -0.2) is 4.39 Å². The Morgan fingerprint density at radius 2 is 2.00 bits per heavy atom. The van der Waals surface area contributed by atoms with E-state index < -0.39 is 0 Å². The Hall–Kier alpha value is -1.92. The molecule has 0 spiro atoms. The normalized spacial score (nSPS) is 17.7. The predicted octanol–water partition coefficient (Wildman–Crippen LogP) is 3.82. The lowest BCUT2D eigenvalue weighted by atomic mass is 10.0. The lowest BCUT2D eigenvalue weighted by Crippen LogP contribution is -2.49. The van der Waals surface area contributed by atoms with E-state index in [1.165, 1.54) is 23.3 Å². The summed E-state index contributed by atoms with van der Waals surface area (Å²) in [6.45, 7) is 6.07. The van der Waals surface area contributed by atoms with Crippen LogP contribution in [0, 0.1) is 5.82 Å². The highest BCUT2D eigenvalue weighted by Gasteiger charge is 2.20. The molecule has 4 nitrogen and oxygen atoms in total. The summed E-state index contributed by atoms with van der Waals surface area (Å²) in [4.78, 5) is 6.81. The first-order chi connectivity index (χ1) is 13.1. The second kappa shape index (κ2) is 9.85. The van der Waals surface area contributed by atoms with Crippen LogP contribution in [0.1, 0.15) is 36.8 Å². The Morgan fingerprint density at radius 3 is 2.63 bits per heavy atom. The second-order valence-electron chi connectivity index (χ2n) is 7.23. The summed E-state index contributed by atoms with van der Waals surface area (Å²) >= 11 is 1.74. The van der Waals surface area contributed by atoms with Gasteiger partial charge in [-0.15, -0.1) is 0 Å². The van der Waals surface area contributed by atoms with Gasteiger partial charge in [0.1, 0.15) is 5.82 Å². The number of thiophene rings is 1. The monoisotopic (exact) mass is 388 g/mol. The van der Waals surface area contributed by atoms with Gasteiger partial charge < -0.3 is 10.6 Å². The molecule has 146 valence electrons. The largest absolute Gasteiger partial charge is 0.356 e. The second-order valence-corrected chi connectivity index (χ2v) is 8.01. The standard InChI is InChI=1S/C21H29FN4S/c1-16(18-9-12-27-15-18)13-24-21(23-2)25-20-7-10-26(11-8-20)14-17-3-5-19(22)6-4-17/h3-6,9,12,15-16,20H,7-8,10-11,13-14H2,1-2H3,(H2,23,24,25). The van der Waals surface area contributed by atoms with E-state index in [1.807, 2.05) is 19.2 Å². The van der Waals surface area contributed by atoms with Crippen LogP contribution in [0.3, 0.4) is 0 Å². The molecule has 3 rings (SSSR count). The van der Waals surface area contributed by atoms with Gasteiger partial charge in [0.2, 0.25) is 0 Å². The zero-order valence-electron chi connectivity index (χ0n) is 16.1. The number of halogens is 1. The van der Waals surface area contributed by atoms with Crippen LogP contribution in [0.4, 0.5) is 4.39 Å². The molecule has 2 N–H and O–H groups in total. The van der Waals surface area contributed by atoms with E-state index in [-0.39, 0.29) is 5.82 Å². The Morgan fingerprint density at radius 1 is 1.26 bits per heavy atom. The molecule has 1 saturated heterocycles. The zero-order valence-corrected chi connectivity index (χ0v) is 16.9. The van der Waals surface area contributed by atoms with E-state index in [2.05, 4.69) is 44.3 Å². The van der Waals surface area contributed by atoms with Crippen LogP contribution in [0.25, 0.3) is 0 Å². The first-order valence-electron chi connectivity index (χ1n) is 9.60. The van der Waals surface area contributed by atoms with Gasteiger partial charge in [-0.3, -0.25) is 9.89 Å². The van der Waals surface area contributed by atoms with Crippen LogP contribution in [0.2, 0.25) is 0 Å². The minimum Gasteiger partial charge on any atom is -0.356 e. The number of benzene rings is 1. The minimum absolute atomic E-state index is 0.172. The highest BCUT2D eigenvalue weighted by atomic mass is 32.1. The van der Waals surface area contributed by atoms with E-state index in [0.717, 1.165) is 45.0 Å². The van der Waals surface area contributed by atoms with Crippen LogP contribution in [-0.4, -0.2) is 43.6 Å². The smallest absolute Gasteiger partial charge is 0.191 e. The molecule has 2 aromatic rings. The summed E-state index contributed by atoms with van der Waals surface area (Å²) in [5.41, 5.74) is 2.54. The summed E-state index contributed by atoms with van der Waals surface area (Å²) in [7, 11) is 1.83. The molecule has 1 aromatic heterocycles. The van der Waals surface area contributed by atoms with Crippen molar-refractivity contribution in [3.8, 4) is 0 Å². The highest BCUT2D eigenvalue weighted by Crippen LogP contribution is 2.17. The van der Waals surface area contributed by atoms with Crippen LogP contribution < -0.4 is 10.6 Å². The van der Waals surface area contributed by atoms with Gasteiger partial charge >= 0.3 is 0 Å². The molecule has 1 atom stereocenters. The van der Waals surface area contributed by atoms with Crippen molar-refractivity contribution in [3.63, 3.8) is 0 Å². The van der Waals surface area contributed by atoms with Crippen LogP contribution in [-0.2, 0) is 6.54 Å². The van der Waals surface area contributed by atoms with Crippen molar-refractivity contribution in [1.82, 2.24) is 15.5 Å². The van der Waals surface area contributed by atoms with Crippen molar-refractivity contribution in [2.75, 3.05) is 26.7 Å². The molecule has 0 amide bonds. The summed E-state index contributed by atoms with van der Waals surface area (Å²) in [5, 5.41) is 11.4. The Kier molecular flexibility index (Phi) is 7.24. The molecule has 27 heavy (non-hydrogen) atoms. The van der Waals surface area contributed by atoms with Crippen molar-refractivity contribution >= 4 is 17.3 Å². The fourth-order valence-electron chi connectivity index (χ4n) is 3.39. The first kappa shape index (κ1) is 19.8. The molecule has 1 aliphatic heterocycles. The highest BCUT2D eigenvalue weighted by molar-refractivity contribution is 7.07. The van der Waals surface area contributed by atoms with Crippen molar-refractivity contribution in [2.45, 2.75) is 38.3 Å². The quantitative estimate of drug-likeness (QED) is 0.584. The van der Waals surface area contributed by atoms with Gasteiger partial charge in [0, 0.05) is 39.3 Å². The number of piperidine rings is 1. The molecule has 0 saturated carbocycles. The van der Waals surface area contributed by atoms with Gasteiger partial charge in [0.15, 0.2) is 5.96 Å². The zero-order chi connectivity index (χ0) is 19.1. The maximum atomic E-state index is 13.0. The van der Waals surface area contributed by atoms with Crippen molar-refractivity contribution in [2.24, 2.45) is 4.99 Å². The van der Waals surface area contributed by atoms with Gasteiger partial charge in [-0.1, -0.05) is 19.1 Å². The number of hydrogen-bond acceptors (Lipinski definition) is 3. The molecule has 2 heterocycles. The van der Waals surface area contributed by atoms with Crippen LogP contribution in [0.15, 0.2) is 46.1 Å². The third kappa shape index (κ3) is 6.04. The van der Waals surface area contributed by atoms with Gasteiger partial charge in [-0.2, -0.15) is 11.3 Å². The maximum Gasteiger partial charge on any atom is 0.191 e. The number of rotatable bonds is 6. The van der Waals surface area contributed by atoms with Crippen molar-refractivity contribution < 1.29 is 4.39 Å². The molecule has 6 heteroatoms. The Balaban J connectivity index is 1.40. The van der Waals surface area contributed by atoms with E-state index in [9.17, 15) is 4.39 Å². The third-order valence-electron chi connectivity index (χ3n) is 5.16. The SMILES string of the molecule is CN=C(NCC(C)c1ccsc1)NC1CCN(Cc2ccc(F)cc2)CC1. The molecular weight excluding hydrogens is 359 g/mol. The molecule has 1 unspecified atom stereocenters. The molecule has 1 fully saturated rings. The summed E-state index contributed by atoms with van der Waals surface area (Å²) in [5.74, 6) is 1.18. The number of nitrogens with zero attached hydrogens (tertiary/aromatic N) is 2. The number of guanidine groups is 1. The maximum absolute atomic E-state index is 13.0. The lowest BCUT2D eigenvalue weighted by Gasteiger charge is -2.33. The van der Waals surface area contributed by atoms with E-state index in [4.69, 9.17) is 0 Å². The number of aliphatic imine (C=N–C) groups is 1. The van der Waals surface area contributed by atoms with Crippen molar-refractivity contribution in [3.05, 3.63) is 58.0 Å². The van der Waals surface area contributed by atoms with Crippen LogP contribution in [0.5, 0.6) is 0 Å². The molecule has 0 aliphatic carbocycles. The topological polar surface area (TPSA) is 39.7 Å².